The van der Waals surface area contributed by atoms with Crippen LogP contribution >= 0.6 is 11.6 Å². The van der Waals surface area contributed by atoms with E-state index in [1.807, 2.05) is 0 Å². The van der Waals surface area contributed by atoms with Crippen molar-refractivity contribution in [3.05, 3.63) is 0 Å². The Morgan fingerprint density at radius 3 is 2.14 bits per heavy atom. The maximum Gasteiger partial charge on any atom is 0.0251 e. The first kappa shape index (κ1) is 5.43. The third kappa shape index (κ3) is 1.34. The fourth-order valence-corrected chi connectivity index (χ4v) is 1.47. The second kappa shape index (κ2) is 2.56. The van der Waals surface area contributed by atoms with Crippen LogP contribution in [0.15, 0.2) is 0 Å². The molecule has 1 rings (SSSR count). The van der Waals surface area contributed by atoms with E-state index in [1.165, 1.54) is 25.7 Å². The van der Waals surface area contributed by atoms with Crippen molar-refractivity contribution in [1.29, 1.82) is 0 Å². The van der Waals surface area contributed by atoms with Crippen LogP contribution in [0.3, 0.4) is 0 Å². The Balaban J connectivity index is 2.14. The molecule has 0 radical (unpaired) electrons. The molecule has 0 bridgehead atoms. The summed E-state index contributed by atoms with van der Waals surface area (Å²) in [5.41, 5.74) is 0. The molecule has 0 saturated heterocycles. The number of halogens is 1. The third-order valence-corrected chi connectivity index (χ3v) is 2.13. The van der Waals surface area contributed by atoms with Crippen molar-refractivity contribution in [3.63, 3.8) is 0 Å². The van der Waals surface area contributed by atoms with Gasteiger partial charge in [-0.05, 0) is 18.8 Å². The van der Waals surface area contributed by atoms with Crippen LogP contribution in [0.4, 0.5) is 0 Å². The molecule has 1 heteroatoms. The number of hydrogen-bond acceptors (Lipinski definition) is 0. The first-order chi connectivity index (χ1) is 3.43. The highest BCUT2D eigenvalue weighted by atomic mass is 35.5. The molecular formula is C6H11Cl. The minimum Gasteiger partial charge on any atom is -0.126 e. The van der Waals surface area contributed by atoms with Crippen molar-refractivity contribution in [2.45, 2.75) is 25.7 Å². The monoisotopic (exact) mass is 118 g/mol. The highest BCUT2D eigenvalue weighted by molar-refractivity contribution is 6.18. The summed E-state index contributed by atoms with van der Waals surface area (Å²) < 4.78 is 0. The van der Waals surface area contributed by atoms with Gasteiger partial charge in [0.15, 0.2) is 0 Å². The van der Waals surface area contributed by atoms with Crippen molar-refractivity contribution in [1.82, 2.24) is 0 Å². The normalized spacial score (nSPS) is 23.6. The highest BCUT2D eigenvalue weighted by Crippen LogP contribution is 2.24. The van der Waals surface area contributed by atoms with E-state index >= 15 is 0 Å². The Kier molecular flexibility index (Phi) is 1.99. The smallest absolute Gasteiger partial charge is 0.0251 e. The van der Waals surface area contributed by atoms with Gasteiger partial charge < -0.3 is 0 Å². The van der Waals surface area contributed by atoms with Gasteiger partial charge in [-0.3, -0.25) is 0 Å². The van der Waals surface area contributed by atoms with Crippen LogP contribution in [0.25, 0.3) is 0 Å². The predicted octanol–water partition coefficient (Wildman–Crippen LogP) is 2.42. The van der Waals surface area contributed by atoms with E-state index in [2.05, 4.69) is 0 Å². The molecule has 0 spiro atoms. The van der Waals surface area contributed by atoms with E-state index in [4.69, 9.17) is 11.6 Å². The summed E-state index contributed by atoms with van der Waals surface area (Å²) in [6.07, 6.45) is 5.59. The molecule has 0 amide bonds. The van der Waals surface area contributed by atoms with Gasteiger partial charge >= 0.3 is 0 Å². The first-order valence-corrected chi connectivity index (χ1v) is 3.53. The lowest BCUT2D eigenvalue weighted by Gasteiger charge is -1.97. The molecule has 0 heterocycles. The predicted molar refractivity (Wildman–Crippen MR) is 32.7 cm³/mol. The van der Waals surface area contributed by atoms with Gasteiger partial charge in [-0.15, -0.1) is 11.6 Å². The zero-order chi connectivity index (χ0) is 5.11. The molecule has 42 valence electrons. The number of rotatable bonds is 1. The van der Waals surface area contributed by atoms with Crippen LogP contribution in [0, 0.1) is 5.92 Å². The summed E-state index contributed by atoms with van der Waals surface area (Å²) in [6.45, 7) is 0. The molecule has 0 aromatic carbocycles. The topological polar surface area (TPSA) is 0 Å². The van der Waals surface area contributed by atoms with Gasteiger partial charge in [0.1, 0.15) is 0 Å². The lowest BCUT2D eigenvalue weighted by molar-refractivity contribution is 0.619. The molecule has 1 aliphatic rings. The van der Waals surface area contributed by atoms with Crippen molar-refractivity contribution in [2.24, 2.45) is 5.92 Å². The van der Waals surface area contributed by atoms with E-state index in [9.17, 15) is 0 Å². The maximum atomic E-state index is 5.61. The number of alkyl halides is 1. The Morgan fingerprint density at radius 1 is 1.29 bits per heavy atom. The zero-order valence-corrected chi connectivity index (χ0v) is 5.25. The summed E-state index contributed by atoms with van der Waals surface area (Å²) in [5.74, 6) is 1.75. The molecule has 0 nitrogen and oxygen atoms in total. The Hall–Kier alpha value is 0.290. The van der Waals surface area contributed by atoms with Crippen LogP contribution < -0.4 is 0 Å². The molecule has 0 unspecified atom stereocenters. The maximum absolute atomic E-state index is 5.61. The molecule has 0 atom stereocenters. The van der Waals surface area contributed by atoms with Gasteiger partial charge in [-0.1, -0.05) is 12.8 Å². The molecule has 7 heavy (non-hydrogen) atoms. The molecule has 0 aromatic heterocycles. The lowest BCUT2D eigenvalue weighted by Crippen LogP contribution is -1.91. The fourth-order valence-electron chi connectivity index (χ4n) is 1.16. The second-order valence-electron chi connectivity index (χ2n) is 2.30. The Labute approximate surface area is 49.9 Å². The van der Waals surface area contributed by atoms with Crippen LogP contribution in [0.1, 0.15) is 25.7 Å². The molecule has 1 saturated carbocycles. The molecule has 1 fully saturated rings. The van der Waals surface area contributed by atoms with Crippen LogP contribution in [-0.4, -0.2) is 5.88 Å². The highest BCUT2D eigenvalue weighted by Gasteiger charge is 2.12. The van der Waals surface area contributed by atoms with Gasteiger partial charge in [0.25, 0.3) is 0 Å². The van der Waals surface area contributed by atoms with Crippen LogP contribution in [0.5, 0.6) is 0 Å². The van der Waals surface area contributed by atoms with E-state index in [-0.39, 0.29) is 0 Å². The first-order valence-electron chi connectivity index (χ1n) is 2.99. The van der Waals surface area contributed by atoms with E-state index in [0.717, 1.165) is 11.8 Å². The quantitative estimate of drug-likeness (QED) is 0.464. The Bertz CT molecular complexity index is 46.1. The van der Waals surface area contributed by atoms with Crippen molar-refractivity contribution < 1.29 is 0 Å². The molecular weight excluding hydrogens is 108 g/mol. The summed E-state index contributed by atoms with van der Waals surface area (Å²) in [7, 11) is 0. The average molecular weight is 119 g/mol. The standard InChI is InChI=1S/C6H11Cl/c7-5-6-3-1-2-4-6/h6H,1-5H2. The van der Waals surface area contributed by atoms with Crippen LogP contribution in [0.2, 0.25) is 0 Å². The summed E-state index contributed by atoms with van der Waals surface area (Å²) in [5, 5.41) is 0. The van der Waals surface area contributed by atoms with Gasteiger partial charge in [0, 0.05) is 5.88 Å². The van der Waals surface area contributed by atoms with Gasteiger partial charge in [0.2, 0.25) is 0 Å². The molecule has 1 aliphatic carbocycles. The van der Waals surface area contributed by atoms with Crippen molar-refractivity contribution in [2.75, 3.05) is 5.88 Å². The van der Waals surface area contributed by atoms with E-state index in [0.29, 0.717) is 0 Å². The van der Waals surface area contributed by atoms with Crippen LogP contribution in [-0.2, 0) is 0 Å². The zero-order valence-electron chi connectivity index (χ0n) is 4.49. The molecule has 0 aromatic rings. The Morgan fingerprint density at radius 2 is 1.86 bits per heavy atom. The molecule has 0 aliphatic heterocycles. The fraction of sp³-hybridized carbons (Fsp3) is 1.00. The van der Waals surface area contributed by atoms with Gasteiger partial charge in [0.05, 0.1) is 0 Å². The van der Waals surface area contributed by atoms with Crippen molar-refractivity contribution >= 4 is 11.6 Å². The summed E-state index contributed by atoms with van der Waals surface area (Å²) in [4.78, 5) is 0. The molecule has 0 N–H and O–H groups in total. The number of hydrogen-bond donors (Lipinski definition) is 0. The average Bonchev–Trinajstić information content (AvgIpc) is 2.14. The second-order valence-corrected chi connectivity index (χ2v) is 2.61. The third-order valence-electron chi connectivity index (χ3n) is 1.69. The summed E-state index contributed by atoms with van der Waals surface area (Å²) >= 11 is 5.61. The summed E-state index contributed by atoms with van der Waals surface area (Å²) in [6, 6.07) is 0. The van der Waals surface area contributed by atoms with Gasteiger partial charge in [-0.25, -0.2) is 0 Å². The minimum atomic E-state index is 0.863. The van der Waals surface area contributed by atoms with E-state index < -0.39 is 0 Å². The lowest BCUT2D eigenvalue weighted by atomic mass is 10.1. The minimum absolute atomic E-state index is 0.863. The van der Waals surface area contributed by atoms with Crippen molar-refractivity contribution in [3.8, 4) is 0 Å². The van der Waals surface area contributed by atoms with E-state index in [1.54, 1.807) is 0 Å². The largest absolute Gasteiger partial charge is 0.126 e. The van der Waals surface area contributed by atoms with Gasteiger partial charge in [-0.2, -0.15) is 0 Å². The SMILES string of the molecule is ClCC1CCCC1.